The van der Waals surface area contributed by atoms with Crippen LogP contribution in [0.1, 0.15) is 23.0 Å². The number of hydrogen-bond acceptors (Lipinski definition) is 5. The van der Waals surface area contributed by atoms with Crippen LogP contribution in [0.25, 0.3) is 27.8 Å². The van der Waals surface area contributed by atoms with E-state index in [-0.39, 0.29) is 5.82 Å². The van der Waals surface area contributed by atoms with E-state index in [0.717, 1.165) is 10.3 Å². The van der Waals surface area contributed by atoms with Crippen molar-refractivity contribution in [1.29, 1.82) is 0 Å². The molecule has 3 aromatic heterocycles. The summed E-state index contributed by atoms with van der Waals surface area (Å²) in [6.07, 6.45) is 3.51. The maximum atomic E-state index is 13.8. The van der Waals surface area contributed by atoms with Gasteiger partial charge in [0.1, 0.15) is 23.9 Å². The molecule has 0 aliphatic carbocycles. The molecular formula is C27H19ClFN7O. The van der Waals surface area contributed by atoms with Gasteiger partial charge in [0.25, 0.3) is 0 Å². The number of fused-ring (bicyclic) bond motifs is 1. The number of tetrazole rings is 1. The van der Waals surface area contributed by atoms with Crippen LogP contribution in [0.5, 0.6) is 0 Å². The predicted octanol–water partition coefficient (Wildman–Crippen LogP) is 5.01. The van der Waals surface area contributed by atoms with E-state index >= 15 is 0 Å². The SMILES string of the molecule is [O-][n+]1cc(-c2cc(Cl)ccc2-n2cnnn2)ccc1C(Cc1ccccc1)c1nc2ccc(F)cc2[nH]1. The van der Waals surface area contributed by atoms with Crippen LogP contribution in [0.3, 0.4) is 0 Å². The van der Waals surface area contributed by atoms with E-state index in [1.165, 1.54) is 29.3 Å². The summed E-state index contributed by atoms with van der Waals surface area (Å²) in [7, 11) is 0. The highest BCUT2D eigenvalue weighted by molar-refractivity contribution is 6.31. The highest BCUT2D eigenvalue weighted by Gasteiger charge is 2.27. The van der Waals surface area contributed by atoms with Gasteiger partial charge in [-0.3, -0.25) is 0 Å². The molecule has 3 aromatic carbocycles. The average molecular weight is 512 g/mol. The van der Waals surface area contributed by atoms with Gasteiger partial charge in [0.2, 0.25) is 5.69 Å². The van der Waals surface area contributed by atoms with E-state index in [4.69, 9.17) is 16.6 Å². The lowest BCUT2D eigenvalue weighted by atomic mass is 9.94. The number of rotatable bonds is 6. The summed E-state index contributed by atoms with van der Waals surface area (Å²) in [6, 6.07) is 23.2. The van der Waals surface area contributed by atoms with E-state index in [2.05, 4.69) is 20.5 Å². The number of hydrogen-bond donors (Lipinski definition) is 1. The van der Waals surface area contributed by atoms with Gasteiger partial charge >= 0.3 is 0 Å². The third kappa shape index (κ3) is 4.52. The fourth-order valence-corrected chi connectivity index (χ4v) is 4.66. The van der Waals surface area contributed by atoms with Crippen LogP contribution in [0.2, 0.25) is 5.02 Å². The van der Waals surface area contributed by atoms with Crippen molar-refractivity contribution in [3.63, 3.8) is 0 Å². The Bertz CT molecular complexity index is 1700. The van der Waals surface area contributed by atoms with Crippen LogP contribution in [0, 0.1) is 11.0 Å². The fourth-order valence-electron chi connectivity index (χ4n) is 4.49. The Balaban J connectivity index is 1.45. The van der Waals surface area contributed by atoms with Crippen molar-refractivity contribution in [3.05, 3.63) is 125 Å². The van der Waals surface area contributed by atoms with Crippen molar-refractivity contribution < 1.29 is 9.12 Å². The summed E-state index contributed by atoms with van der Waals surface area (Å²) >= 11 is 6.28. The van der Waals surface area contributed by atoms with Crippen molar-refractivity contribution >= 4 is 22.6 Å². The van der Waals surface area contributed by atoms with Crippen LogP contribution >= 0.6 is 11.6 Å². The highest BCUT2D eigenvalue weighted by atomic mass is 35.5. The normalized spacial score (nSPS) is 12.2. The molecule has 1 atom stereocenters. The molecule has 0 aliphatic heterocycles. The smallest absolute Gasteiger partial charge is 0.203 e. The zero-order valence-corrected chi connectivity index (χ0v) is 20.0. The topological polar surface area (TPSA) is 99.2 Å². The molecule has 0 bridgehead atoms. The second-order valence-corrected chi connectivity index (χ2v) is 9.05. The van der Waals surface area contributed by atoms with Crippen molar-refractivity contribution in [2.24, 2.45) is 0 Å². The third-order valence-corrected chi connectivity index (χ3v) is 6.48. The molecule has 0 amide bonds. The maximum absolute atomic E-state index is 13.8. The summed E-state index contributed by atoms with van der Waals surface area (Å²) in [5.74, 6) is -0.174. The van der Waals surface area contributed by atoms with Gasteiger partial charge in [-0.05, 0) is 64.9 Å². The Labute approximate surface area is 215 Å². The third-order valence-electron chi connectivity index (χ3n) is 6.24. The van der Waals surface area contributed by atoms with E-state index in [1.807, 2.05) is 36.4 Å². The molecule has 37 heavy (non-hydrogen) atoms. The fraction of sp³-hybridized carbons (Fsp3) is 0.0741. The number of nitrogens with zero attached hydrogens (tertiary/aromatic N) is 6. The van der Waals surface area contributed by atoms with Gasteiger partial charge in [-0.25, -0.2) is 9.37 Å². The van der Waals surface area contributed by atoms with Gasteiger partial charge in [0, 0.05) is 22.2 Å². The van der Waals surface area contributed by atoms with Crippen LogP contribution in [0.15, 0.2) is 91.4 Å². The molecule has 10 heteroatoms. The molecule has 8 nitrogen and oxygen atoms in total. The molecule has 0 saturated heterocycles. The first-order valence-electron chi connectivity index (χ1n) is 11.5. The number of nitrogens with one attached hydrogen (secondary N) is 1. The first kappa shape index (κ1) is 22.8. The Morgan fingerprint density at radius 2 is 1.89 bits per heavy atom. The summed E-state index contributed by atoms with van der Waals surface area (Å²) < 4.78 is 16.2. The monoisotopic (exact) mass is 511 g/mol. The van der Waals surface area contributed by atoms with E-state index in [0.29, 0.717) is 50.8 Å². The zero-order chi connectivity index (χ0) is 25.4. The van der Waals surface area contributed by atoms with Gasteiger partial charge in [-0.15, -0.1) is 5.10 Å². The predicted molar refractivity (Wildman–Crippen MR) is 137 cm³/mol. The van der Waals surface area contributed by atoms with E-state index in [9.17, 15) is 9.60 Å². The van der Waals surface area contributed by atoms with Crippen molar-refractivity contribution in [1.82, 2.24) is 30.2 Å². The molecular weight excluding hydrogens is 493 g/mol. The largest absolute Gasteiger partial charge is 0.618 e. The lowest BCUT2D eigenvalue weighted by molar-refractivity contribution is -0.614. The highest BCUT2D eigenvalue weighted by Crippen LogP contribution is 2.31. The zero-order valence-electron chi connectivity index (χ0n) is 19.3. The summed E-state index contributed by atoms with van der Waals surface area (Å²) in [5.41, 5.74) is 4.78. The minimum absolute atomic E-state index is 0.356. The first-order chi connectivity index (χ1) is 18.0. The molecule has 0 fully saturated rings. The molecule has 0 radical (unpaired) electrons. The number of H-pyrrole nitrogens is 1. The Morgan fingerprint density at radius 1 is 1.03 bits per heavy atom. The van der Waals surface area contributed by atoms with Crippen molar-refractivity contribution in [2.75, 3.05) is 0 Å². The molecule has 182 valence electrons. The second-order valence-electron chi connectivity index (χ2n) is 8.61. The Kier molecular flexibility index (Phi) is 5.82. The van der Waals surface area contributed by atoms with Crippen molar-refractivity contribution in [2.45, 2.75) is 12.3 Å². The first-order valence-corrected chi connectivity index (χ1v) is 11.9. The standard InChI is InChI=1S/C27H19ClFN7O/c28-19-7-11-25(35-16-30-33-34-35)21(13-19)18-6-10-26(36(37)15-18)22(12-17-4-2-1-3-5-17)27-31-23-9-8-20(29)14-24(23)32-27/h1-11,13-16,22H,12H2,(H,31,32). The van der Waals surface area contributed by atoms with Gasteiger partial charge in [-0.1, -0.05) is 41.9 Å². The van der Waals surface area contributed by atoms with Gasteiger partial charge in [0.05, 0.1) is 16.7 Å². The van der Waals surface area contributed by atoms with E-state index < -0.39 is 5.92 Å². The minimum atomic E-state index is -0.400. The quantitative estimate of drug-likeness (QED) is 0.250. The van der Waals surface area contributed by atoms with E-state index in [1.54, 1.807) is 30.3 Å². The number of halogens is 2. The minimum Gasteiger partial charge on any atom is -0.618 e. The Hall–Kier alpha value is -4.63. The Morgan fingerprint density at radius 3 is 2.68 bits per heavy atom. The molecule has 6 rings (SSSR count). The van der Waals surface area contributed by atoms with Crippen LogP contribution in [-0.2, 0) is 6.42 Å². The molecule has 0 aliphatic rings. The van der Waals surface area contributed by atoms with Gasteiger partial charge in [0.15, 0.2) is 6.20 Å². The molecule has 1 unspecified atom stereocenters. The second kappa shape index (κ2) is 9.44. The number of pyridine rings is 1. The number of aromatic nitrogens is 7. The molecule has 6 aromatic rings. The summed E-state index contributed by atoms with van der Waals surface area (Å²) in [6.45, 7) is 0. The number of aromatic amines is 1. The lowest BCUT2D eigenvalue weighted by Gasteiger charge is -2.16. The number of imidazole rings is 1. The molecule has 1 N–H and O–H groups in total. The maximum Gasteiger partial charge on any atom is 0.203 e. The summed E-state index contributed by atoms with van der Waals surface area (Å²) in [4.78, 5) is 7.91. The average Bonchev–Trinajstić information content (AvgIpc) is 3.58. The van der Waals surface area contributed by atoms with Crippen molar-refractivity contribution in [3.8, 4) is 16.8 Å². The van der Waals surface area contributed by atoms with Crippen LogP contribution < -0.4 is 4.73 Å². The molecule has 3 heterocycles. The number of benzene rings is 3. The lowest BCUT2D eigenvalue weighted by Crippen LogP contribution is -2.34. The van der Waals surface area contributed by atoms with Crippen LogP contribution in [0.4, 0.5) is 4.39 Å². The van der Waals surface area contributed by atoms with Gasteiger partial charge in [-0.2, -0.15) is 9.41 Å². The molecule has 0 saturated carbocycles. The molecule has 0 spiro atoms. The summed E-state index contributed by atoms with van der Waals surface area (Å²) in [5, 5.41) is 25.4. The van der Waals surface area contributed by atoms with Gasteiger partial charge < -0.3 is 10.2 Å². The van der Waals surface area contributed by atoms with Crippen LogP contribution in [-0.4, -0.2) is 30.2 Å².